The molecule has 0 spiro atoms. The maximum Gasteiger partial charge on any atom is 0.332 e. The Kier molecular flexibility index (Phi) is 6.23. The van der Waals surface area contributed by atoms with Crippen molar-refractivity contribution in [2.75, 3.05) is 19.7 Å². The van der Waals surface area contributed by atoms with Gasteiger partial charge in [-0.3, -0.25) is 4.79 Å². The van der Waals surface area contributed by atoms with Gasteiger partial charge in [-0.05, 0) is 19.8 Å². The van der Waals surface area contributed by atoms with Gasteiger partial charge in [0, 0.05) is 19.0 Å². The van der Waals surface area contributed by atoms with Crippen LogP contribution in [0.1, 0.15) is 26.2 Å². The summed E-state index contributed by atoms with van der Waals surface area (Å²) >= 11 is 0. The lowest BCUT2D eigenvalue weighted by Gasteiger charge is -2.21. The summed E-state index contributed by atoms with van der Waals surface area (Å²) < 4.78 is 4.80. The third kappa shape index (κ3) is 5.43. The number of carboxylic acids is 1. The van der Waals surface area contributed by atoms with Crippen molar-refractivity contribution in [3.8, 4) is 0 Å². The SMILES string of the molecule is CCOC(=O)CN(C(=O)NCC[C@H](O)C(=O)O)C1CC1. The number of esters is 1. The summed E-state index contributed by atoms with van der Waals surface area (Å²) in [5.41, 5.74) is 0. The van der Waals surface area contributed by atoms with E-state index in [0.717, 1.165) is 12.8 Å². The van der Waals surface area contributed by atoms with E-state index in [9.17, 15) is 14.4 Å². The number of carbonyl (C=O) groups excluding carboxylic acids is 2. The van der Waals surface area contributed by atoms with E-state index in [4.69, 9.17) is 14.9 Å². The Labute approximate surface area is 116 Å². The van der Waals surface area contributed by atoms with E-state index >= 15 is 0 Å². The first-order valence-electron chi connectivity index (χ1n) is 6.56. The lowest BCUT2D eigenvalue weighted by Crippen LogP contribution is -2.45. The molecule has 1 fully saturated rings. The second-order valence-corrected chi connectivity index (χ2v) is 4.54. The average Bonchev–Trinajstić information content (AvgIpc) is 3.20. The summed E-state index contributed by atoms with van der Waals surface area (Å²) in [6.07, 6.45) is 0.0865. The summed E-state index contributed by atoms with van der Waals surface area (Å²) in [6, 6.07) is -0.415. The molecule has 8 heteroatoms. The second-order valence-electron chi connectivity index (χ2n) is 4.54. The predicted molar refractivity (Wildman–Crippen MR) is 68.0 cm³/mol. The normalized spacial score (nSPS) is 15.3. The van der Waals surface area contributed by atoms with Crippen molar-refractivity contribution in [3.05, 3.63) is 0 Å². The molecule has 1 saturated carbocycles. The van der Waals surface area contributed by atoms with Gasteiger partial charge in [0.25, 0.3) is 0 Å². The summed E-state index contributed by atoms with van der Waals surface area (Å²) in [4.78, 5) is 35.1. The Morgan fingerprint density at radius 1 is 1.40 bits per heavy atom. The maximum atomic E-state index is 11.9. The minimum absolute atomic E-state index is 0.0261. The molecule has 0 unspecified atom stereocenters. The van der Waals surface area contributed by atoms with E-state index in [-0.39, 0.29) is 32.2 Å². The highest BCUT2D eigenvalue weighted by Gasteiger charge is 2.34. The molecule has 0 aromatic carbocycles. The Hall–Kier alpha value is -1.83. The highest BCUT2D eigenvalue weighted by molar-refractivity contribution is 5.81. The third-order valence-electron chi connectivity index (χ3n) is 2.83. The number of nitrogens with one attached hydrogen (secondary N) is 1. The van der Waals surface area contributed by atoms with E-state index in [1.165, 1.54) is 4.90 Å². The van der Waals surface area contributed by atoms with Gasteiger partial charge in [0.2, 0.25) is 0 Å². The average molecular weight is 288 g/mol. The monoisotopic (exact) mass is 288 g/mol. The summed E-state index contributed by atoms with van der Waals surface area (Å²) in [7, 11) is 0. The van der Waals surface area contributed by atoms with Gasteiger partial charge in [-0.1, -0.05) is 0 Å². The summed E-state index contributed by atoms with van der Waals surface area (Å²) in [5.74, 6) is -1.80. The molecule has 0 heterocycles. The van der Waals surface area contributed by atoms with Crippen molar-refractivity contribution in [1.29, 1.82) is 0 Å². The zero-order chi connectivity index (χ0) is 15.1. The molecule has 3 N–H and O–H groups in total. The van der Waals surface area contributed by atoms with Gasteiger partial charge in [0.05, 0.1) is 6.61 Å². The number of hydrogen-bond donors (Lipinski definition) is 3. The molecule has 8 nitrogen and oxygen atoms in total. The smallest absolute Gasteiger partial charge is 0.332 e. The molecular weight excluding hydrogens is 268 g/mol. The van der Waals surface area contributed by atoms with Gasteiger partial charge >= 0.3 is 18.0 Å². The van der Waals surface area contributed by atoms with Crippen LogP contribution in [-0.4, -0.2) is 64.9 Å². The first-order valence-corrected chi connectivity index (χ1v) is 6.56. The molecule has 1 aliphatic rings. The number of hydrogen-bond acceptors (Lipinski definition) is 5. The quantitative estimate of drug-likeness (QED) is 0.521. The number of rotatable bonds is 8. The van der Waals surface area contributed by atoms with Crippen LogP contribution in [0.4, 0.5) is 4.79 Å². The molecular formula is C12H20N2O6. The van der Waals surface area contributed by atoms with Gasteiger partial charge in [-0.25, -0.2) is 9.59 Å². The molecule has 20 heavy (non-hydrogen) atoms. The van der Waals surface area contributed by atoms with E-state index in [1.54, 1.807) is 6.92 Å². The molecule has 2 amide bonds. The number of carbonyl (C=O) groups is 3. The number of aliphatic hydroxyl groups is 1. The van der Waals surface area contributed by atoms with E-state index in [1.807, 2.05) is 0 Å². The largest absolute Gasteiger partial charge is 0.479 e. The van der Waals surface area contributed by atoms with Crippen LogP contribution in [0.15, 0.2) is 0 Å². The fourth-order valence-corrected chi connectivity index (χ4v) is 1.64. The number of urea groups is 1. The molecule has 1 atom stereocenters. The Balaban J connectivity index is 2.37. The van der Waals surface area contributed by atoms with Crippen LogP contribution in [0.25, 0.3) is 0 Å². The second kappa shape index (κ2) is 7.68. The van der Waals surface area contributed by atoms with Gasteiger partial charge in [-0.2, -0.15) is 0 Å². The van der Waals surface area contributed by atoms with Crippen molar-refractivity contribution in [2.24, 2.45) is 0 Å². The standard InChI is InChI=1S/C12H20N2O6/c1-2-20-10(16)7-14(8-3-4-8)12(19)13-6-5-9(15)11(17)18/h8-9,15H,2-7H2,1H3,(H,13,19)(H,17,18)/t9-/m0/s1. The molecule has 0 aliphatic heterocycles. The summed E-state index contributed by atoms with van der Waals surface area (Å²) in [5, 5.41) is 20.1. The van der Waals surface area contributed by atoms with Crippen LogP contribution in [0, 0.1) is 0 Å². The Bertz CT molecular complexity index is 369. The predicted octanol–water partition coefficient (Wildman–Crippen LogP) is -0.441. The van der Waals surface area contributed by atoms with Crippen molar-refractivity contribution in [2.45, 2.75) is 38.3 Å². The fourth-order valence-electron chi connectivity index (χ4n) is 1.64. The van der Waals surface area contributed by atoms with Crippen LogP contribution in [0.3, 0.4) is 0 Å². The zero-order valence-corrected chi connectivity index (χ0v) is 11.4. The van der Waals surface area contributed by atoms with E-state index in [2.05, 4.69) is 5.32 Å². The molecule has 0 bridgehead atoms. The van der Waals surface area contributed by atoms with Gasteiger partial charge < -0.3 is 25.2 Å². The highest BCUT2D eigenvalue weighted by Crippen LogP contribution is 2.26. The van der Waals surface area contributed by atoms with Gasteiger partial charge in [0.15, 0.2) is 6.10 Å². The number of ether oxygens (including phenoxy) is 1. The number of carboxylic acid groups (broad SMARTS) is 1. The highest BCUT2D eigenvalue weighted by atomic mass is 16.5. The summed E-state index contributed by atoms with van der Waals surface area (Å²) in [6.45, 7) is 1.85. The van der Waals surface area contributed by atoms with Crippen LogP contribution in [-0.2, 0) is 14.3 Å². The number of amides is 2. The van der Waals surface area contributed by atoms with Crippen LogP contribution < -0.4 is 5.32 Å². The Morgan fingerprint density at radius 3 is 2.55 bits per heavy atom. The Morgan fingerprint density at radius 2 is 2.05 bits per heavy atom. The maximum absolute atomic E-state index is 11.9. The molecule has 1 rings (SSSR count). The number of aliphatic hydroxyl groups excluding tert-OH is 1. The van der Waals surface area contributed by atoms with Crippen LogP contribution in [0.5, 0.6) is 0 Å². The lowest BCUT2D eigenvalue weighted by molar-refractivity contribution is -0.146. The van der Waals surface area contributed by atoms with Crippen molar-refractivity contribution >= 4 is 18.0 Å². The van der Waals surface area contributed by atoms with Crippen molar-refractivity contribution in [3.63, 3.8) is 0 Å². The van der Waals surface area contributed by atoms with Gasteiger partial charge in [-0.15, -0.1) is 0 Å². The molecule has 0 aromatic heterocycles. The molecule has 0 aromatic rings. The minimum atomic E-state index is -1.50. The van der Waals surface area contributed by atoms with Crippen LogP contribution in [0.2, 0.25) is 0 Å². The fraction of sp³-hybridized carbons (Fsp3) is 0.750. The van der Waals surface area contributed by atoms with E-state index < -0.39 is 24.1 Å². The number of aliphatic carboxylic acids is 1. The zero-order valence-electron chi connectivity index (χ0n) is 11.4. The van der Waals surface area contributed by atoms with Crippen molar-refractivity contribution in [1.82, 2.24) is 10.2 Å². The molecule has 0 saturated heterocycles. The minimum Gasteiger partial charge on any atom is -0.479 e. The molecule has 1 aliphatic carbocycles. The third-order valence-corrected chi connectivity index (χ3v) is 2.83. The first kappa shape index (κ1) is 16.2. The molecule has 114 valence electrons. The van der Waals surface area contributed by atoms with Gasteiger partial charge in [0.1, 0.15) is 6.54 Å². The number of nitrogens with zero attached hydrogens (tertiary/aromatic N) is 1. The van der Waals surface area contributed by atoms with Crippen molar-refractivity contribution < 1.29 is 29.3 Å². The molecule has 0 radical (unpaired) electrons. The topological polar surface area (TPSA) is 116 Å². The first-order chi connectivity index (χ1) is 9.45. The van der Waals surface area contributed by atoms with Crippen LogP contribution >= 0.6 is 0 Å². The lowest BCUT2D eigenvalue weighted by atomic mass is 10.2. The van der Waals surface area contributed by atoms with E-state index in [0.29, 0.717) is 0 Å².